The Balaban J connectivity index is 1.34. The van der Waals surface area contributed by atoms with Gasteiger partial charge < -0.3 is 19.8 Å². The van der Waals surface area contributed by atoms with Gasteiger partial charge in [-0.1, -0.05) is 6.42 Å². The van der Waals surface area contributed by atoms with E-state index in [4.69, 9.17) is 9.15 Å². The van der Waals surface area contributed by atoms with Crippen LogP contribution in [0.4, 0.5) is 0 Å². The quantitative estimate of drug-likeness (QED) is 0.715. The van der Waals surface area contributed by atoms with E-state index in [0.29, 0.717) is 31.3 Å². The number of furan rings is 1. The molecule has 6 heteroatoms. The third-order valence-electron chi connectivity index (χ3n) is 5.38. The van der Waals surface area contributed by atoms with Crippen molar-refractivity contribution < 1.29 is 18.7 Å². The van der Waals surface area contributed by atoms with Crippen molar-refractivity contribution in [2.24, 2.45) is 5.41 Å². The molecular weight excluding hydrogens is 308 g/mol. The highest BCUT2D eigenvalue weighted by Crippen LogP contribution is 2.57. The maximum absolute atomic E-state index is 12.1. The van der Waals surface area contributed by atoms with Crippen molar-refractivity contribution in [3.8, 4) is 0 Å². The molecule has 2 fully saturated rings. The van der Waals surface area contributed by atoms with Crippen LogP contribution in [0.15, 0.2) is 22.8 Å². The fourth-order valence-electron chi connectivity index (χ4n) is 3.85. The van der Waals surface area contributed by atoms with Crippen molar-refractivity contribution in [2.75, 3.05) is 13.2 Å². The molecule has 0 radical (unpaired) electrons. The number of hydrogen-bond acceptors (Lipinski definition) is 4. The van der Waals surface area contributed by atoms with Crippen molar-refractivity contribution in [3.05, 3.63) is 24.2 Å². The van der Waals surface area contributed by atoms with Gasteiger partial charge in [0.2, 0.25) is 5.91 Å². The summed E-state index contributed by atoms with van der Waals surface area (Å²) in [6, 6.07) is 3.55. The van der Waals surface area contributed by atoms with E-state index in [-0.39, 0.29) is 23.3 Å². The van der Waals surface area contributed by atoms with E-state index in [1.165, 1.54) is 12.7 Å². The first-order valence-electron chi connectivity index (χ1n) is 8.88. The molecule has 2 amide bonds. The number of nitrogens with one attached hydrogen (secondary N) is 2. The molecule has 0 saturated heterocycles. The predicted molar refractivity (Wildman–Crippen MR) is 88.5 cm³/mol. The Morgan fingerprint density at radius 1 is 1.42 bits per heavy atom. The normalized spacial score (nSPS) is 24.0. The lowest BCUT2D eigenvalue weighted by Crippen LogP contribution is -2.67. The summed E-state index contributed by atoms with van der Waals surface area (Å²) < 4.78 is 10.8. The van der Waals surface area contributed by atoms with Crippen LogP contribution in [-0.2, 0) is 9.53 Å². The van der Waals surface area contributed by atoms with Crippen LogP contribution >= 0.6 is 0 Å². The third kappa shape index (κ3) is 3.34. The molecule has 2 N–H and O–H groups in total. The van der Waals surface area contributed by atoms with Crippen LogP contribution in [0.25, 0.3) is 0 Å². The Morgan fingerprint density at radius 2 is 2.25 bits per heavy atom. The van der Waals surface area contributed by atoms with Crippen LogP contribution in [0.2, 0.25) is 0 Å². The zero-order valence-electron chi connectivity index (χ0n) is 14.2. The number of ether oxygens (including phenoxy) is 1. The van der Waals surface area contributed by atoms with Crippen LogP contribution in [0.1, 0.15) is 56.0 Å². The van der Waals surface area contributed by atoms with E-state index in [1.807, 2.05) is 6.92 Å². The number of hydrogen-bond donors (Lipinski definition) is 2. The van der Waals surface area contributed by atoms with E-state index in [0.717, 1.165) is 25.9 Å². The SMILES string of the molecule is CCO[C@@H]1C[C@H](NC(=O)CCCNC(=O)c2ccco2)C12CCC2. The van der Waals surface area contributed by atoms with Gasteiger partial charge in [-0.25, -0.2) is 0 Å². The van der Waals surface area contributed by atoms with E-state index in [9.17, 15) is 9.59 Å². The second-order valence-electron chi connectivity index (χ2n) is 6.72. The maximum atomic E-state index is 12.1. The van der Waals surface area contributed by atoms with Crippen molar-refractivity contribution in [1.82, 2.24) is 10.6 Å². The van der Waals surface area contributed by atoms with Crippen LogP contribution in [0.5, 0.6) is 0 Å². The largest absolute Gasteiger partial charge is 0.459 e. The van der Waals surface area contributed by atoms with Crippen LogP contribution in [-0.4, -0.2) is 37.1 Å². The molecule has 0 aliphatic heterocycles. The molecule has 3 rings (SSSR count). The second kappa shape index (κ2) is 7.38. The van der Waals surface area contributed by atoms with Gasteiger partial charge in [-0.3, -0.25) is 9.59 Å². The third-order valence-corrected chi connectivity index (χ3v) is 5.38. The minimum atomic E-state index is -0.243. The van der Waals surface area contributed by atoms with Crippen molar-refractivity contribution >= 4 is 11.8 Å². The average molecular weight is 334 g/mol. The zero-order chi connectivity index (χ0) is 17.0. The Bertz CT molecular complexity index is 566. The second-order valence-corrected chi connectivity index (χ2v) is 6.72. The molecule has 24 heavy (non-hydrogen) atoms. The molecule has 1 aromatic rings. The first-order chi connectivity index (χ1) is 11.7. The molecule has 0 aromatic carbocycles. The number of rotatable bonds is 8. The molecule has 2 aliphatic rings. The molecule has 2 saturated carbocycles. The monoisotopic (exact) mass is 334 g/mol. The van der Waals surface area contributed by atoms with Crippen LogP contribution in [0, 0.1) is 5.41 Å². The average Bonchev–Trinajstić information content (AvgIpc) is 3.03. The summed E-state index contributed by atoms with van der Waals surface area (Å²) in [5, 5.41) is 5.91. The molecule has 1 heterocycles. The standard InChI is InChI=1S/C18H26N2O4/c1-2-23-15-12-14(18(15)8-5-9-18)20-16(21)7-3-10-19-17(22)13-6-4-11-24-13/h4,6,11,14-15H,2-3,5,7-10,12H2,1H3,(H,19,22)(H,20,21)/t14-,15+/m0/s1. The van der Waals surface area contributed by atoms with Crippen LogP contribution in [0.3, 0.4) is 0 Å². The smallest absolute Gasteiger partial charge is 0.286 e. The predicted octanol–water partition coefficient (Wildman–Crippen LogP) is 2.25. The van der Waals surface area contributed by atoms with E-state index in [2.05, 4.69) is 10.6 Å². The Hall–Kier alpha value is -1.82. The van der Waals surface area contributed by atoms with E-state index in [1.54, 1.807) is 12.1 Å². The Labute approximate surface area is 142 Å². The molecule has 6 nitrogen and oxygen atoms in total. The summed E-state index contributed by atoms with van der Waals surface area (Å²) in [7, 11) is 0. The van der Waals surface area contributed by atoms with Crippen molar-refractivity contribution in [2.45, 2.75) is 57.6 Å². The molecule has 0 unspecified atom stereocenters. The summed E-state index contributed by atoms with van der Waals surface area (Å²) in [4.78, 5) is 23.8. The maximum Gasteiger partial charge on any atom is 0.286 e. The summed E-state index contributed by atoms with van der Waals surface area (Å²) in [5.41, 5.74) is 0.194. The first kappa shape index (κ1) is 17.0. The van der Waals surface area contributed by atoms with Gasteiger partial charge in [-0.05, 0) is 44.7 Å². The molecular formula is C18H26N2O4. The number of carbonyl (C=O) groups is 2. The highest BCUT2D eigenvalue weighted by Gasteiger charge is 2.59. The molecule has 1 aromatic heterocycles. The van der Waals surface area contributed by atoms with Crippen molar-refractivity contribution in [1.29, 1.82) is 0 Å². The van der Waals surface area contributed by atoms with Gasteiger partial charge in [0.25, 0.3) is 5.91 Å². The first-order valence-corrected chi connectivity index (χ1v) is 8.88. The summed E-state index contributed by atoms with van der Waals surface area (Å²) in [5.74, 6) is 0.114. The summed E-state index contributed by atoms with van der Waals surface area (Å²) >= 11 is 0. The van der Waals surface area contributed by atoms with Crippen LogP contribution < -0.4 is 10.6 Å². The molecule has 0 bridgehead atoms. The van der Waals surface area contributed by atoms with E-state index >= 15 is 0 Å². The summed E-state index contributed by atoms with van der Waals surface area (Å²) in [6.07, 6.45) is 7.28. The number of carbonyl (C=O) groups excluding carboxylic acids is 2. The lowest BCUT2D eigenvalue weighted by Gasteiger charge is -2.61. The molecule has 2 aliphatic carbocycles. The van der Waals surface area contributed by atoms with Gasteiger partial charge in [0.05, 0.1) is 12.4 Å². The minimum absolute atomic E-state index is 0.0634. The molecule has 132 valence electrons. The van der Waals surface area contributed by atoms with Crippen molar-refractivity contribution in [3.63, 3.8) is 0 Å². The molecule has 1 spiro atoms. The Kier molecular flexibility index (Phi) is 5.23. The van der Waals surface area contributed by atoms with Gasteiger partial charge in [-0.15, -0.1) is 0 Å². The van der Waals surface area contributed by atoms with Gasteiger partial charge >= 0.3 is 0 Å². The lowest BCUT2D eigenvalue weighted by molar-refractivity contribution is -0.175. The number of amides is 2. The summed E-state index contributed by atoms with van der Waals surface area (Å²) in [6.45, 7) is 3.22. The highest BCUT2D eigenvalue weighted by atomic mass is 16.5. The lowest BCUT2D eigenvalue weighted by atomic mass is 9.51. The van der Waals surface area contributed by atoms with Gasteiger partial charge in [0, 0.05) is 31.0 Å². The van der Waals surface area contributed by atoms with Gasteiger partial charge in [0.1, 0.15) is 0 Å². The van der Waals surface area contributed by atoms with Gasteiger partial charge in [-0.2, -0.15) is 0 Å². The fourth-order valence-corrected chi connectivity index (χ4v) is 3.85. The van der Waals surface area contributed by atoms with E-state index < -0.39 is 0 Å². The zero-order valence-corrected chi connectivity index (χ0v) is 14.2. The minimum Gasteiger partial charge on any atom is -0.459 e. The van der Waals surface area contributed by atoms with Gasteiger partial charge in [0.15, 0.2) is 5.76 Å². The topological polar surface area (TPSA) is 80.6 Å². The molecule has 2 atom stereocenters. The highest BCUT2D eigenvalue weighted by molar-refractivity contribution is 5.91. The Morgan fingerprint density at radius 3 is 2.88 bits per heavy atom. The fraction of sp³-hybridized carbons (Fsp3) is 0.667.